The number of methoxy groups -OCH3 is 1. The summed E-state index contributed by atoms with van der Waals surface area (Å²) in [4.78, 5) is 0. The lowest BCUT2D eigenvalue weighted by atomic mass is 9.98. The molecule has 118 valence electrons. The third-order valence-electron chi connectivity index (χ3n) is 4.17. The molecule has 2 aliphatic carbocycles. The van der Waals surface area contributed by atoms with Crippen LogP contribution in [0, 0.1) is 0 Å². The summed E-state index contributed by atoms with van der Waals surface area (Å²) in [6, 6.07) is 0.634. The fourth-order valence-electron chi connectivity index (χ4n) is 2.86. The molecule has 0 aliphatic heterocycles. The number of aliphatic hydroxyl groups is 1. The standard InChI is InChI=1S/C15H29NO4/c1-18-9-10-19-7-2-8-20-14-5-6-15(11-14,12-17)16-13-3-4-13/h13-14,16-17H,2-12H2,1H3. The van der Waals surface area contributed by atoms with E-state index in [1.54, 1.807) is 7.11 Å². The average Bonchev–Trinajstić information content (AvgIpc) is 3.17. The number of hydrogen-bond acceptors (Lipinski definition) is 5. The lowest BCUT2D eigenvalue weighted by molar-refractivity contribution is 0.0208. The van der Waals surface area contributed by atoms with Crippen LogP contribution in [0.4, 0.5) is 0 Å². The topological polar surface area (TPSA) is 60.0 Å². The van der Waals surface area contributed by atoms with E-state index in [1.165, 1.54) is 12.8 Å². The van der Waals surface area contributed by atoms with Gasteiger partial charge in [-0.3, -0.25) is 0 Å². The lowest BCUT2D eigenvalue weighted by Gasteiger charge is -2.28. The molecule has 2 rings (SSSR count). The molecule has 2 saturated carbocycles. The zero-order chi connectivity index (χ0) is 14.3. The van der Waals surface area contributed by atoms with Crippen LogP contribution in [0.5, 0.6) is 0 Å². The summed E-state index contributed by atoms with van der Waals surface area (Å²) in [6.45, 7) is 2.99. The van der Waals surface area contributed by atoms with Gasteiger partial charge in [0.25, 0.3) is 0 Å². The molecule has 2 unspecified atom stereocenters. The SMILES string of the molecule is COCCOCCCOC1CCC(CO)(NC2CC2)C1. The number of aliphatic hydroxyl groups excluding tert-OH is 1. The van der Waals surface area contributed by atoms with E-state index in [-0.39, 0.29) is 18.2 Å². The molecular weight excluding hydrogens is 258 g/mol. The van der Waals surface area contributed by atoms with Crippen molar-refractivity contribution in [1.82, 2.24) is 5.32 Å². The van der Waals surface area contributed by atoms with E-state index in [4.69, 9.17) is 14.2 Å². The lowest BCUT2D eigenvalue weighted by Crippen LogP contribution is -2.48. The van der Waals surface area contributed by atoms with Gasteiger partial charge in [0, 0.05) is 31.9 Å². The summed E-state index contributed by atoms with van der Waals surface area (Å²) >= 11 is 0. The van der Waals surface area contributed by atoms with Crippen LogP contribution in [0.15, 0.2) is 0 Å². The summed E-state index contributed by atoms with van der Waals surface area (Å²) in [5.41, 5.74) is -0.0825. The summed E-state index contributed by atoms with van der Waals surface area (Å²) in [5, 5.41) is 13.3. The largest absolute Gasteiger partial charge is 0.394 e. The third-order valence-corrected chi connectivity index (χ3v) is 4.17. The van der Waals surface area contributed by atoms with Crippen LogP contribution >= 0.6 is 0 Å². The van der Waals surface area contributed by atoms with E-state index in [9.17, 15) is 5.11 Å². The van der Waals surface area contributed by atoms with Gasteiger partial charge in [0.15, 0.2) is 0 Å². The molecule has 0 saturated heterocycles. The van der Waals surface area contributed by atoms with E-state index in [1.807, 2.05) is 0 Å². The molecule has 2 fully saturated rings. The molecule has 5 heteroatoms. The summed E-state index contributed by atoms with van der Waals surface area (Å²) in [6.07, 6.45) is 6.72. The molecule has 20 heavy (non-hydrogen) atoms. The Balaban J connectivity index is 1.53. The number of hydrogen-bond donors (Lipinski definition) is 2. The van der Waals surface area contributed by atoms with Gasteiger partial charge >= 0.3 is 0 Å². The second-order valence-electron chi connectivity index (χ2n) is 6.05. The zero-order valence-electron chi connectivity index (χ0n) is 12.6. The van der Waals surface area contributed by atoms with Crippen molar-refractivity contribution in [3.63, 3.8) is 0 Å². The molecule has 2 N–H and O–H groups in total. The van der Waals surface area contributed by atoms with Gasteiger partial charge in [-0.05, 0) is 38.5 Å². The first-order valence-corrected chi connectivity index (χ1v) is 7.85. The van der Waals surface area contributed by atoms with Crippen molar-refractivity contribution >= 4 is 0 Å². The Morgan fingerprint density at radius 1 is 1.15 bits per heavy atom. The first kappa shape index (κ1) is 16.2. The Bertz CT molecular complexity index is 273. The molecule has 0 aromatic rings. The van der Waals surface area contributed by atoms with Crippen molar-refractivity contribution in [1.29, 1.82) is 0 Å². The van der Waals surface area contributed by atoms with E-state index >= 15 is 0 Å². The Morgan fingerprint density at radius 3 is 2.70 bits per heavy atom. The second-order valence-corrected chi connectivity index (χ2v) is 6.05. The molecule has 0 aromatic carbocycles. The highest BCUT2D eigenvalue weighted by Crippen LogP contribution is 2.35. The first-order valence-electron chi connectivity index (χ1n) is 7.85. The van der Waals surface area contributed by atoms with Gasteiger partial charge in [-0.1, -0.05) is 0 Å². The van der Waals surface area contributed by atoms with Crippen molar-refractivity contribution in [2.24, 2.45) is 0 Å². The van der Waals surface area contributed by atoms with E-state index in [2.05, 4.69) is 5.32 Å². The maximum Gasteiger partial charge on any atom is 0.0700 e. The smallest absolute Gasteiger partial charge is 0.0700 e. The predicted octanol–water partition coefficient (Wildman–Crippen LogP) is 1.09. The van der Waals surface area contributed by atoms with Gasteiger partial charge in [-0.25, -0.2) is 0 Å². The van der Waals surface area contributed by atoms with Crippen molar-refractivity contribution in [3.8, 4) is 0 Å². The number of rotatable bonds is 11. The molecule has 0 heterocycles. The quantitative estimate of drug-likeness (QED) is 0.557. The van der Waals surface area contributed by atoms with E-state index in [0.29, 0.717) is 19.3 Å². The van der Waals surface area contributed by atoms with Gasteiger partial charge in [0.2, 0.25) is 0 Å². The fourth-order valence-corrected chi connectivity index (χ4v) is 2.86. The van der Waals surface area contributed by atoms with Crippen LogP contribution in [-0.4, -0.2) is 62.9 Å². The zero-order valence-corrected chi connectivity index (χ0v) is 12.6. The Hall–Kier alpha value is -0.200. The minimum Gasteiger partial charge on any atom is -0.394 e. The summed E-state index contributed by atoms with van der Waals surface area (Å²) < 4.78 is 16.2. The highest BCUT2D eigenvalue weighted by atomic mass is 16.5. The van der Waals surface area contributed by atoms with Gasteiger partial charge in [0.1, 0.15) is 0 Å². The van der Waals surface area contributed by atoms with E-state index < -0.39 is 0 Å². The second kappa shape index (κ2) is 8.29. The van der Waals surface area contributed by atoms with Crippen LogP contribution in [0.2, 0.25) is 0 Å². The van der Waals surface area contributed by atoms with Crippen LogP contribution in [-0.2, 0) is 14.2 Å². The molecular formula is C15H29NO4. The van der Waals surface area contributed by atoms with Crippen LogP contribution in [0.3, 0.4) is 0 Å². The number of nitrogens with one attached hydrogen (secondary N) is 1. The number of ether oxygens (including phenoxy) is 3. The van der Waals surface area contributed by atoms with Crippen molar-refractivity contribution < 1.29 is 19.3 Å². The van der Waals surface area contributed by atoms with Crippen LogP contribution in [0.1, 0.15) is 38.5 Å². The highest BCUT2D eigenvalue weighted by molar-refractivity contribution is 5.01. The van der Waals surface area contributed by atoms with Crippen LogP contribution in [0.25, 0.3) is 0 Å². The van der Waals surface area contributed by atoms with Gasteiger partial charge in [-0.2, -0.15) is 0 Å². The van der Waals surface area contributed by atoms with Crippen molar-refractivity contribution in [2.75, 3.05) is 40.1 Å². The molecule has 0 amide bonds. The predicted molar refractivity (Wildman–Crippen MR) is 76.9 cm³/mol. The normalized spacial score (nSPS) is 30.0. The highest BCUT2D eigenvalue weighted by Gasteiger charge is 2.42. The maximum atomic E-state index is 9.65. The first-order chi connectivity index (χ1) is 9.78. The van der Waals surface area contributed by atoms with Crippen molar-refractivity contribution in [2.45, 2.75) is 56.2 Å². The third kappa shape index (κ3) is 5.30. The molecule has 0 bridgehead atoms. The minimum atomic E-state index is -0.0825. The fraction of sp³-hybridized carbons (Fsp3) is 1.00. The van der Waals surface area contributed by atoms with E-state index in [0.717, 1.165) is 38.9 Å². The molecule has 5 nitrogen and oxygen atoms in total. The molecule has 0 radical (unpaired) electrons. The Kier molecular flexibility index (Phi) is 6.71. The van der Waals surface area contributed by atoms with Crippen LogP contribution < -0.4 is 5.32 Å². The summed E-state index contributed by atoms with van der Waals surface area (Å²) in [7, 11) is 1.68. The summed E-state index contributed by atoms with van der Waals surface area (Å²) in [5.74, 6) is 0. The minimum absolute atomic E-state index is 0.0825. The molecule has 0 aromatic heterocycles. The molecule has 2 atom stereocenters. The molecule has 2 aliphatic rings. The molecule has 0 spiro atoms. The maximum absolute atomic E-state index is 9.65. The van der Waals surface area contributed by atoms with Gasteiger partial charge in [-0.15, -0.1) is 0 Å². The van der Waals surface area contributed by atoms with Gasteiger partial charge in [0.05, 0.1) is 25.9 Å². The monoisotopic (exact) mass is 287 g/mol. The van der Waals surface area contributed by atoms with Crippen molar-refractivity contribution in [3.05, 3.63) is 0 Å². The Labute approximate surface area is 122 Å². The Morgan fingerprint density at radius 2 is 2.00 bits per heavy atom. The average molecular weight is 287 g/mol. The van der Waals surface area contributed by atoms with Gasteiger partial charge < -0.3 is 24.6 Å².